The molecule has 3 unspecified atom stereocenters. The van der Waals surface area contributed by atoms with Crippen molar-refractivity contribution in [3.05, 3.63) is 34.1 Å². The van der Waals surface area contributed by atoms with Crippen molar-refractivity contribution in [2.24, 2.45) is 11.8 Å². The first-order valence-electron chi connectivity index (χ1n) is 6.69. The SMILES string of the molecule is CC1CCCC(C(O)Cc2cccc(F)c2Br)C1. The van der Waals surface area contributed by atoms with Gasteiger partial charge in [-0.1, -0.05) is 31.9 Å². The third kappa shape index (κ3) is 3.33. The van der Waals surface area contributed by atoms with Crippen LogP contribution in [0.1, 0.15) is 38.2 Å². The Kier molecular flexibility index (Phi) is 4.79. The van der Waals surface area contributed by atoms with Crippen LogP contribution in [0.2, 0.25) is 0 Å². The lowest BCUT2D eigenvalue weighted by Crippen LogP contribution is -2.27. The summed E-state index contributed by atoms with van der Waals surface area (Å²) in [6, 6.07) is 5.01. The summed E-state index contributed by atoms with van der Waals surface area (Å²) in [7, 11) is 0. The fourth-order valence-electron chi connectivity index (χ4n) is 2.93. The second kappa shape index (κ2) is 6.16. The third-order valence-corrected chi connectivity index (χ3v) is 4.87. The zero-order chi connectivity index (χ0) is 13.1. The molecule has 1 aliphatic rings. The minimum atomic E-state index is -0.356. The van der Waals surface area contributed by atoms with Gasteiger partial charge < -0.3 is 5.11 Å². The van der Waals surface area contributed by atoms with Gasteiger partial charge >= 0.3 is 0 Å². The number of benzene rings is 1. The Morgan fingerprint density at radius 3 is 2.94 bits per heavy atom. The Balaban J connectivity index is 2.02. The fraction of sp³-hybridized carbons (Fsp3) is 0.600. The normalized spacial score (nSPS) is 26.0. The predicted molar refractivity (Wildman–Crippen MR) is 74.9 cm³/mol. The standard InChI is InChI=1S/C15H20BrFO/c1-10-4-2-5-11(8-10)14(18)9-12-6-3-7-13(17)15(12)16/h3,6-7,10-11,14,18H,2,4-5,8-9H2,1H3. The van der Waals surface area contributed by atoms with E-state index in [1.54, 1.807) is 6.07 Å². The molecule has 1 N–H and O–H groups in total. The summed E-state index contributed by atoms with van der Waals surface area (Å²) < 4.78 is 13.9. The van der Waals surface area contributed by atoms with Crippen molar-refractivity contribution in [3.8, 4) is 0 Å². The van der Waals surface area contributed by atoms with E-state index in [9.17, 15) is 9.50 Å². The van der Waals surface area contributed by atoms with Crippen LogP contribution in [0.15, 0.2) is 22.7 Å². The predicted octanol–water partition coefficient (Wildman–Crippen LogP) is 4.32. The second-order valence-electron chi connectivity index (χ2n) is 5.52. The third-order valence-electron chi connectivity index (χ3n) is 3.98. The van der Waals surface area contributed by atoms with Crippen LogP contribution in [0.25, 0.3) is 0 Å². The topological polar surface area (TPSA) is 20.2 Å². The molecule has 0 radical (unpaired) electrons. The van der Waals surface area contributed by atoms with Crippen molar-refractivity contribution in [2.45, 2.75) is 45.1 Å². The zero-order valence-electron chi connectivity index (χ0n) is 10.7. The number of halogens is 2. The summed E-state index contributed by atoms with van der Waals surface area (Å²) in [6.45, 7) is 2.25. The first-order chi connectivity index (χ1) is 8.58. The highest BCUT2D eigenvalue weighted by molar-refractivity contribution is 9.10. The Morgan fingerprint density at radius 2 is 2.22 bits per heavy atom. The number of hydrogen-bond donors (Lipinski definition) is 1. The zero-order valence-corrected chi connectivity index (χ0v) is 12.3. The molecule has 1 aromatic carbocycles. The number of rotatable bonds is 3. The monoisotopic (exact) mass is 314 g/mol. The smallest absolute Gasteiger partial charge is 0.137 e. The average Bonchev–Trinajstić information content (AvgIpc) is 2.35. The Morgan fingerprint density at radius 1 is 1.44 bits per heavy atom. The van der Waals surface area contributed by atoms with Gasteiger partial charge in [0, 0.05) is 0 Å². The van der Waals surface area contributed by atoms with Crippen molar-refractivity contribution in [3.63, 3.8) is 0 Å². The van der Waals surface area contributed by atoms with Gasteiger partial charge in [0.1, 0.15) is 5.82 Å². The minimum absolute atomic E-state index is 0.253. The van der Waals surface area contributed by atoms with Gasteiger partial charge in [0.25, 0.3) is 0 Å². The molecule has 3 heteroatoms. The highest BCUT2D eigenvalue weighted by Crippen LogP contribution is 2.33. The summed E-state index contributed by atoms with van der Waals surface area (Å²) in [5.41, 5.74) is 0.862. The van der Waals surface area contributed by atoms with Crippen molar-refractivity contribution < 1.29 is 9.50 Å². The average molecular weight is 315 g/mol. The first-order valence-corrected chi connectivity index (χ1v) is 7.48. The van der Waals surface area contributed by atoms with E-state index in [-0.39, 0.29) is 11.9 Å². The molecular formula is C15H20BrFO. The highest BCUT2D eigenvalue weighted by Gasteiger charge is 2.26. The van der Waals surface area contributed by atoms with E-state index in [1.807, 2.05) is 6.07 Å². The number of hydrogen-bond acceptors (Lipinski definition) is 1. The lowest BCUT2D eigenvalue weighted by Gasteiger charge is -2.30. The maximum atomic E-state index is 13.4. The van der Waals surface area contributed by atoms with Crippen molar-refractivity contribution in [2.75, 3.05) is 0 Å². The molecule has 0 aromatic heterocycles. The van der Waals surface area contributed by atoms with E-state index >= 15 is 0 Å². The van der Waals surface area contributed by atoms with Gasteiger partial charge in [-0.2, -0.15) is 0 Å². The summed E-state index contributed by atoms with van der Waals surface area (Å²) >= 11 is 3.26. The largest absolute Gasteiger partial charge is 0.392 e. The lowest BCUT2D eigenvalue weighted by molar-refractivity contribution is 0.0718. The molecule has 0 spiro atoms. The fourth-order valence-corrected chi connectivity index (χ4v) is 3.35. The summed E-state index contributed by atoms with van der Waals surface area (Å²) in [6.07, 6.45) is 4.84. The minimum Gasteiger partial charge on any atom is -0.392 e. The number of aliphatic hydroxyl groups is 1. The van der Waals surface area contributed by atoms with Crippen LogP contribution in [-0.2, 0) is 6.42 Å². The lowest BCUT2D eigenvalue weighted by atomic mass is 9.78. The maximum absolute atomic E-state index is 13.4. The van der Waals surface area contributed by atoms with E-state index in [4.69, 9.17) is 0 Å². The molecular weight excluding hydrogens is 295 g/mol. The molecule has 0 aliphatic heterocycles. The summed E-state index contributed by atoms with van der Waals surface area (Å²) in [5.74, 6) is 0.815. The van der Waals surface area contributed by atoms with Crippen molar-refractivity contribution >= 4 is 15.9 Å². The quantitative estimate of drug-likeness (QED) is 0.881. The van der Waals surface area contributed by atoms with Crippen LogP contribution < -0.4 is 0 Å². The molecule has 1 nitrogen and oxygen atoms in total. The van der Waals surface area contributed by atoms with E-state index in [0.29, 0.717) is 22.7 Å². The molecule has 3 atom stereocenters. The second-order valence-corrected chi connectivity index (χ2v) is 6.31. The van der Waals surface area contributed by atoms with Crippen LogP contribution >= 0.6 is 15.9 Å². The summed E-state index contributed by atoms with van der Waals surface area (Å²) in [4.78, 5) is 0. The van der Waals surface area contributed by atoms with Gasteiger partial charge in [-0.05, 0) is 58.7 Å². The van der Waals surface area contributed by atoms with Crippen molar-refractivity contribution in [1.29, 1.82) is 0 Å². The summed E-state index contributed by atoms with van der Waals surface area (Å²) in [5, 5.41) is 10.3. The van der Waals surface area contributed by atoms with Gasteiger partial charge in [0.2, 0.25) is 0 Å². The molecule has 0 heterocycles. The van der Waals surface area contributed by atoms with E-state index < -0.39 is 0 Å². The van der Waals surface area contributed by atoms with Gasteiger partial charge in [0.05, 0.1) is 10.6 Å². The van der Waals surface area contributed by atoms with Crippen molar-refractivity contribution in [1.82, 2.24) is 0 Å². The van der Waals surface area contributed by atoms with Crippen LogP contribution in [0.4, 0.5) is 4.39 Å². The maximum Gasteiger partial charge on any atom is 0.137 e. The van der Waals surface area contributed by atoms with Gasteiger partial charge in [0.15, 0.2) is 0 Å². The van der Waals surface area contributed by atoms with Gasteiger partial charge in [-0.3, -0.25) is 0 Å². The molecule has 18 heavy (non-hydrogen) atoms. The highest BCUT2D eigenvalue weighted by atomic mass is 79.9. The van der Waals surface area contributed by atoms with E-state index in [2.05, 4.69) is 22.9 Å². The Bertz CT molecular complexity index is 407. The molecule has 2 rings (SSSR count). The Hall–Kier alpha value is -0.410. The molecule has 1 aliphatic carbocycles. The van der Waals surface area contributed by atoms with Crippen LogP contribution in [0.3, 0.4) is 0 Å². The molecule has 100 valence electrons. The molecule has 0 bridgehead atoms. The molecule has 1 aromatic rings. The van der Waals surface area contributed by atoms with Gasteiger partial charge in [-0.15, -0.1) is 0 Å². The van der Waals surface area contributed by atoms with E-state index in [0.717, 1.165) is 18.4 Å². The first kappa shape index (κ1) is 14.0. The van der Waals surface area contributed by atoms with Gasteiger partial charge in [-0.25, -0.2) is 4.39 Å². The van der Waals surface area contributed by atoms with Crippen LogP contribution in [0, 0.1) is 17.7 Å². The van der Waals surface area contributed by atoms with E-state index in [1.165, 1.54) is 18.9 Å². The molecule has 0 amide bonds. The Labute approximate surface area is 117 Å². The number of aliphatic hydroxyl groups excluding tert-OH is 1. The molecule has 0 saturated heterocycles. The van der Waals surface area contributed by atoms with Crippen LogP contribution in [-0.4, -0.2) is 11.2 Å². The molecule has 1 fully saturated rings. The van der Waals surface area contributed by atoms with Crippen LogP contribution in [0.5, 0.6) is 0 Å². The molecule has 1 saturated carbocycles.